The average molecular weight is 1300 g/mol. The summed E-state index contributed by atoms with van der Waals surface area (Å²) in [6.07, 6.45) is 102. The Hall–Kier alpha value is -3.93. The Morgan fingerprint density at radius 1 is 0.376 bits per heavy atom. The van der Waals surface area contributed by atoms with Gasteiger partial charge in [-0.2, -0.15) is 0 Å². The zero-order valence-electron chi connectivity index (χ0n) is 59.7. The number of nitrogens with one attached hydrogen (secondary N) is 1. The lowest BCUT2D eigenvalue weighted by atomic mass is 9.99. The van der Waals surface area contributed by atoms with Crippen LogP contribution in [0.15, 0.2) is 146 Å². The van der Waals surface area contributed by atoms with Gasteiger partial charge in [0.25, 0.3) is 0 Å². The van der Waals surface area contributed by atoms with Crippen molar-refractivity contribution >= 4 is 5.91 Å². The normalized spacial score (nSPS) is 18.5. The number of aliphatic hydroxyl groups excluding tert-OH is 5. The highest BCUT2D eigenvalue weighted by Crippen LogP contribution is 2.24. The van der Waals surface area contributed by atoms with Crippen LogP contribution in [0.25, 0.3) is 0 Å². The van der Waals surface area contributed by atoms with Gasteiger partial charge in [-0.25, -0.2) is 0 Å². The highest BCUT2D eigenvalue weighted by atomic mass is 16.7. The van der Waals surface area contributed by atoms with Crippen LogP contribution in [0.4, 0.5) is 0 Å². The predicted octanol–water partition coefficient (Wildman–Crippen LogP) is 22.1. The standard InChI is InChI=1S/C84H143NO8/c1-3-5-7-9-11-13-15-17-19-21-23-25-27-29-31-33-35-36-37-38-39-40-41-42-44-46-48-50-52-54-56-58-60-62-64-66-68-70-72-74-80(88)85-77(76-92-84-83(91)82(90)81(89)79(75-86)93-84)78(87)73-71-69-67-65-63-61-59-57-55-53-51-49-47-45-43-34-32-30-28-26-24-22-20-18-16-14-12-10-8-6-4-2/h5,7,11,13,17,19,23,25,29,31,35-36,38-39,41-42,46,48,52,54,58,60,64,66,77-79,81-84,86-87,89-91H,3-4,6,8-10,12,14-16,18,20-22,24,26-28,30,32-34,37,40,43-45,47,49-51,53,55-57,59,61-63,65,67-76H2,1-2H3,(H,85,88)/b7-5-,13-11-,19-17-,25-23-,31-29-,36-35-,39-38-,42-41-,48-46-,54-52-,60-58-,66-64-. The number of allylic oxidation sites excluding steroid dienone is 24. The van der Waals surface area contributed by atoms with E-state index in [1.54, 1.807) is 0 Å². The van der Waals surface area contributed by atoms with E-state index in [-0.39, 0.29) is 12.5 Å². The van der Waals surface area contributed by atoms with Gasteiger partial charge in [0, 0.05) is 6.42 Å². The molecular weight excluding hydrogens is 1150 g/mol. The number of unbranched alkanes of at least 4 members (excludes halogenated alkanes) is 32. The molecule has 9 heteroatoms. The molecular formula is C84H143NO8. The summed E-state index contributed by atoms with van der Waals surface area (Å²) in [5.74, 6) is -0.188. The first-order valence-electron chi connectivity index (χ1n) is 38.5. The maximum atomic E-state index is 13.2. The maximum absolute atomic E-state index is 13.2. The molecule has 1 aliphatic rings. The molecule has 0 radical (unpaired) electrons. The minimum atomic E-state index is -1.57. The van der Waals surface area contributed by atoms with Crippen LogP contribution in [0.3, 0.4) is 0 Å². The van der Waals surface area contributed by atoms with Crippen LogP contribution in [0, 0.1) is 0 Å². The molecule has 9 nitrogen and oxygen atoms in total. The lowest BCUT2D eigenvalue weighted by molar-refractivity contribution is -0.302. The zero-order valence-corrected chi connectivity index (χ0v) is 59.7. The second kappa shape index (κ2) is 70.9. The molecule has 0 aliphatic carbocycles. The number of aliphatic hydroxyl groups is 5. The summed E-state index contributed by atoms with van der Waals surface area (Å²) in [6.45, 7) is 3.73. The number of carbonyl (C=O) groups excluding carboxylic acids is 1. The van der Waals surface area contributed by atoms with Crippen molar-refractivity contribution < 1.29 is 39.8 Å². The minimum absolute atomic E-state index is 0.164. The average Bonchev–Trinajstić information content (AvgIpc) is 1.02. The van der Waals surface area contributed by atoms with Crippen molar-refractivity contribution in [3.63, 3.8) is 0 Å². The van der Waals surface area contributed by atoms with Gasteiger partial charge in [-0.3, -0.25) is 4.79 Å². The minimum Gasteiger partial charge on any atom is -0.394 e. The summed E-state index contributed by atoms with van der Waals surface area (Å²) >= 11 is 0. The van der Waals surface area contributed by atoms with E-state index < -0.39 is 49.5 Å². The molecule has 0 aromatic carbocycles. The fraction of sp³-hybridized carbons (Fsp3) is 0.702. The lowest BCUT2D eigenvalue weighted by Gasteiger charge is -2.40. The van der Waals surface area contributed by atoms with E-state index in [1.807, 2.05) is 0 Å². The number of amides is 1. The van der Waals surface area contributed by atoms with Crippen molar-refractivity contribution in [3.8, 4) is 0 Å². The van der Waals surface area contributed by atoms with E-state index in [9.17, 15) is 30.3 Å². The molecule has 7 atom stereocenters. The third-order valence-electron chi connectivity index (χ3n) is 17.5. The van der Waals surface area contributed by atoms with Gasteiger partial charge in [0.15, 0.2) is 6.29 Å². The van der Waals surface area contributed by atoms with Crippen LogP contribution in [-0.2, 0) is 14.3 Å². The van der Waals surface area contributed by atoms with Gasteiger partial charge in [0.05, 0.1) is 25.4 Å². The Kier molecular flexibility index (Phi) is 66.3. The molecule has 1 amide bonds. The molecule has 93 heavy (non-hydrogen) atoms. The van der Waals surface area contributed by atoms with Gasteiger partial charge < -0.3 is 40.3 Å². The largest absolute Gasteiger partial charge is 0.394 e. The monoisotopic (exact) mass is 1290 g/mol. The second-order valence-corrected chi connectivity index (χ2v) is 26.1. The fourth-order valence-corrected chi connectivity index (χ4v) is 11.5. The first-order chi connectivity index (χ1) is 45.8. The molecule has 0 aromatic heterocycles. The SMILES string of the molecule is CC/C=C\C/C=C\C/C=C\C/C=C\C/C=C\C/C=C\C/C=C\C/C=C\C/C=C\C/C=C\C/C=C\C/C=C\CCCCC(=O)NC(COC1OC(CO)C(O)C(O)C1O)C(O)CCCCCCCCCCCCCCCCCCCCCCCCCCCCCCCCC. The van der Waals surface area contributed by atoms with E-state index in [0.717, 1.165) is 109 Å². The topological polar surface area (TPSA) is 149 Å². The van der Waals surface area contributed by atoms with Crippen LogP contribution in [0.1, 0.15) is 322 Å². The zero-order chi connectivity index (χ0) is 67.1. The molecule has 1 rings (SSSR count). The van der Waals surface area contributed by atoms with Crippen molar-refractivity contribution in [2.45, 2.75) is 365 Å². The highest BCUT2D eigenvalue weighted by Gasteiger charge is 2.44. The molecule has 1 fully saturated rings. The quantitative estimate of drug-likeness (QED) is 0.0261. The number of rotatable bonds is 66. The molecule has 0 spiro atoms. The van der Waals surface area contributed by atoms with E-state index in [2.05, 4.69) is 165 Å². The molecule has 0 saturated carbocycles. The number of hydrogen-bond donors (Lipinski definition) is 6. The van der Waals surface area contributed by atoms with Gasteiger partial charge in [-0.05, 0) is 103 Å². The number of hydrogen-bond acceptors (Lipinski definition) is 8. The fourth-order valence-electron chi connectivity index (χ4n) is 11.5. The van der Waals surface area contributed by atoms with E-state index in [0.29, 0.717) is 19.3 Å². The van der Waals surface area contributed by atoms with E-state index in [1.165, 1.54) is 180 Å². The predicted molar refractivity (Wildman–Crippen MR) is 400 cm³/mol. The summed E-state index contributed by atoms with van der Waals surface area (Å²) in [4.78, 5) is 13.2. The summed E-state index contributed by atoms with van der Waals surface area (Å²) < 4.78 is 11.4. The van der Waals surface area contributed by atoms with Crippen molar-refractivity contribution in [1.29, 1.82) is 0 Å². The summed E-state index contributed by atoms with van der Waals surface area (Å²) in [5.41, 5.74) is 0. The van der Waals surface area contributed by atoms with Crippen LogP contribution >= 0.6 is 0 Å². The molecule has 6 N–H and O–H groups in total. The Morgan fingerprint density at radius 2 is 0.667 bits per heavy atom. The van der Waals surface area contributed by atoms with Gasteiger partial charge >= 0.3 is 0 Å². The molecule has 1 aliphatic heterocycles. The Morgan fingerprint density at radius 3 is 0.968 bits per heavy atom. The van der Waals surface area contributed by atoms with E-state index in [4.69, 9.17) is 9.47 Å². The third kappa shape index (κ3) is 59.1. The van der Waals surface area contributed by atoms with Crippen molar-refractivity contribution in [2.24, 2.45) is 0 Å². The first-order valence-corrected chi connectivity index (χ1v) is 38.5. The Balaban J connectivity index is 2.16. The Bertz CT molecular complexity index is 1990. The Labute approximate surface area is 572 Å². The smallest absolute Gasteiger partial charge is 0.220 e. The third-order valence-corrected chi connectivity index (χ3v) is 17.5. The van der Waals surface area contributed by atoms with Gasteiger partial charge in [-0.15, -0.1) is 0 Å². The van der Waals surface area contributed by atoms with Crippen molar-refractivity contribution in [2.75, 3.05) is 13.2 Å². The van der Waals surface area contributed by atoms with E-state index >= 15 is 0 Å². The molecule has 1 saturated heterocycles. The lowest BCUT2D eigenvalue weighted by Crippen LogP contribution is -2.60. The maximum Gasteiger partial charge on any atom is 0.220 e. The van der Waals surface area contributed by atoms with Gasteiger partial charge in [0.2, 0.25) is 5.91 Å². The molecule has 1 heterocycles. The van der Waals surface area contributed by atoms with Crippen LogP contribution in [0.2, 0.25) is 0 Å². The summed E-state index contributed by atoms with van der Waals surface area (Å²) in [5, 5.41) is 55.0. The first kappa shape index (κ1) is 87.1. The van der Waals surface area contributed by atoms with Crippen molar-refractivity contribution in [1.82, 2.24) is 5.32 Å². The van der Waals surface area contributed by atoms with Crippen molar-refractivity contribution in [3.05, 3.63) is 146 Å². The molecule has 7 unspecified atom stereocenters. The van der Waals surface area contributed by atoms with Crippen LogP contribution < -0.4 is 5.32 Å². The number of ether oxygens (including phenoxy) is 2. The molecule has 0 aromatic rings. The highest BCUT2D eigenvalue weighted by molar-refractivity contribution is 5.76. The summed E-state index contributed by atoms with van der Waals surface area (Å²) in [7, 11) is 0. The van der Waals surface area contributed by atoms with Crippen LogP contribution in [-0.4, -0.2) is 87.5 Å². The van der Waals surface area contributed by atoms with Crippen LogP contribution in [0.5, 0.6) is 0 Å². The number of carbonyl (C=O) groups is 1. The van der Waals surface area contributed by atoms with Gasteiger partial charge in [0.1, 0.15) is 24.4 Å². The summed E-state index contributed by atoms with van der Waals surface area (Å²) in [6, 6.07) is -0.756. The molecule has 532 valence electrons. The molecule has 0 bridgehead atoms. The van der Waals surface area contributed by atoms with Gasteiger partial charge in [-0.1, -0.05) is 359 Å². The second-order valence-electron chi connectivity index (χ2n) is 26.1.